The van der Waals surface area contributed by atoms with E-state index in [2.05, 4.69) is 69.4 Å². The van der Waals surface area contributed by atoms with Crippen LogP contribution in [0, 0.1) is 19.3 Å². The van der Waals surface area contributed by atoms with Crippen LogP contribution in [0.15, 0.2) is 40.8 Å². The largest absolute Gasteiger partial charge is 0.466 e. The van der Waals surface area contributed by atoms with Crippen LogP contribution in [-0.2, 0) is 0 Å². The summed E-state index contributed by atoms with van der Waals surface area (Å²) in [5.74, 6) is 1.98. The molecule has 0 fully saturated rings. The van der Waals surface area contributed by atoms with Crippen molar-refractivity contribution in [3.05, 3.63) is 59.0 Å². The van der Waals surface area contributed by atoms with Gasteiger partial charge in [0.05, 0.1) is 0 Å². The molecule has 0 radical (unpaired) electrons. The number of hydrogen-bond donors (Lipinski definition) is 1. The minimum atomic E-state index is 0.141. The molecule has 0 saturated carbocycles. The molecule has 2 unspecified atom stereocenters. The maximum atomic E-state index is 5.67. The second-order valence-corrected chi connectivity index (χ2v) is 6.97. The smallest absolute Gasteiger partial charge is 0.105 e. The van der Waals surface area contributed by atoms with Crippen molar-refractivity contribution in [2.45, 2.75) is 53.6 Å². The number of benzene rings is 1. The first-order chi connectivity index (χ1) is 9.79. The number of furan rings is 1. The van der Waals surface area contributed by atoms with E-state index >= 15 is 0 Å². The van der Waals surface area contributed by atoms with Gasteiger partial charge in [-0.25, -0.2) is 0 Å². The molecule has 2 rings (SSSR count). The van der Waals surface area contributed by atoms with Crippen LogP contribution < -0.4 is 5.32 Å². The molecule has 1 aromatic heterocycles. The fourth-order valence-corrected chi connectivity index (χ4v) is 2.91. The Bertz CT molecular complexity index is 577. The Kier molecular flexibility index (Phi) is 4.58. The van der Waals surface area contributed by atoms with Crippen molar-refractivity contribution < 1.29 is 4.42 Å². The number of hydrogen-bond acceptors (Lipinski definition) is 2. The lowest BCUT2D eigenvalue weighted by Crippen LogP contribution is -2.34. The highest BCUT2D eigenvalue weighted by molar-refractivity contribution is 5.26. The average molecular weight is 285 g/mol. The monoisotopic (exact) mass is 285 g/mol. The molecular formula is C19H27NO. The maximum Gasteiger partial charge on any atom is 0.105 e. The molecule has 0 aliphatic heterocycles. The van der Waals surface area contributed by atoms with E-state index in [0.717, 1.165) is 11.5 Å². The third kappa shape index (κ3) is 3.76. The number of rotatable bonds is 4. The second-order valence-electron chi connectivity index (χ2n) is 6.97. The van der Waals surface area contributed by atoms with Crippen molar-refractivity contribution in [2.75, 3.05) is 0 Å². The summed E-state index contributed by atoms with van der Waals surface area (Å²) in [6.07, 6.45) is 0. The van der Waals surface area contributed by atoms with Crippen molar-refractivity contribution >= 4 is 0 Å². The van der Waals surface area contributed by atoms with E-state index in [-0.39, 0.29) is 11.5 Å². The van der Waals surface area contributed by atoms with E-state index < -0.39 is 0 Å². The molecule has 21 heavy (non-hydrogen) atoms. The van der Waals surface area contributed by atoms with E-state index in [1.165, 1.54) is 11.1 Å². The third-order valence-electron chi connectivity index (χ3n) is 3.96. The van der Waals surface area contributed by atoms with Crippen LogP contribution in [0.4, 0.5) is 0 Å². The molecule has 0 aliphatic carbocycles. The Labute approximate surface area is 128 Å². The molecule has 2 atom stereocenters. The van der Waals surface area contributed by atoms with E-state index in [0.29, 0.717) is 6.04 Å². The lowest BCUT2D eigenvalue weighted by atomic mass is 9.81. The zero-order valence-corrected chi connectivity index (χ0v) is 14.0. The van der Waals surface area contributed by atoms with Crippen LogP contribution in [0.5, 0.6) is 0 Å². The van der Waals surface area contributed by atoms with Gasteiger partial charge in [-0.2, -0.15) is 0 Å². The van der Waals surface area contributed by atoms with Gasteiger partial charge in [0.25, 0.3) is 0 Å². The Morgan fingerprint density at radius 2 is 1.67 bits per heavy atom. The topological polar surface area (TPSA) is 25.2 Å². The standard InChI is InChI=1S/C19H27NO/c1-13-12-17(15(3)21-13)14(2)20-18(19(4,5)6)16-10-8-7-9-11-16/h7-12,14,18,20H,1-6H3. The van der Waals surface area contributed by atoms with Crippen LogP contribution in [0.3, 0.4) is 0 Å². The fraction of sp³-hybridized carbons (Fsp3) is 0.474. The molecule has 1 aromatic carbocycles. The summed E-state index contributed by atoms with van der Waals surface area (Å²) in [7, 11) is 0. The predicted molar refractivity (Wildman–Crippen MR) is 88.4 cm³/mol. The quantitative estimate of drug-likeness (QED) is 0.820. The summed E-state index contributed by atoms with van der Waals surface area (Å²) in [6.45, 7) is 13.1. The molecule has 2 nitrogen and oxygen atoms in total. The minimum absolute atomic E-state index is 0.141. The van der Waals surface area contributed by atoms with Gasteiger partial charge in [-0.1, -0.05) is 51.1 Å². The van der Waals surface area contributed by atoms with Crippen LogP contribution in [-0.4, -0.2) is 0 Å². The highest BCUT2D eigenvalue weighted by atomic mass is 16.3. The normalized spacial score (nSPS) is 15.0. The first-order valence-corrected chi connectivity index (χ1v) is 7.67. The van der Waals surface area contributed by atoms with Gasteiger partial charge >= 0.3 is 0 Å². The van der Waals surface area contributed by atoms with Crippen LogP contribution in [0.1, 0.15) is 62.4 Å². The molecule has 0 amide bonds. The molecule has 2 aromatic rings. The summed E-state index contributed by atoms with van der Waals surface area (Å²) in [4.78, 5) is 0. The van der Waals surface area contributed by atoms with Gasteiger partial charge < -0.3 is 9.73 Å². The lowest BCUT2D eigenvalue weighted by Gasteiger charge is -2.34. The van der Waals surface area contributed by atoms with Crippen LogP contribution >= 0.6 is 0 Å². The van der Waals surface area contributed by atoms with Gasteiger partial charge in [0.15, 0.2) is 0 Å². The maximum absolute atomic E-state index is 5.67. The van der Waals surface area contributed by atoms with Gasteiger partial charge in [-0.15, -0.1) is 0 Å². The third-order valence-corrected chi connectivity index (χ3v) is 3.96. The first kappa shape index (κ1) is 15.8. The Morgan fingerprint density at radius 1 is 1.05 bits per heavy atom. The predicted octanol–water partition coefficient (Wildman–Crippen LogP) is 5.33. The molecule has 0 bridgehead atoms. The summed E-state index contributed by atoms with van der Waals surface area (Å²) < 4.78 is 5.67. The summed E-state index contributed by atoms with van der Waals surface area (Å²) in [5.41, 5.74) is 2.72. The minimum Gasteiger partial charge on any atom is -0.466 e. The molecule has 0 saturated heterocycles. The zero-order chi connectivity index (χ0) is 15.6. The van der Waals surface area contributed by atoms with Crippen LogP contribution in [0.2, 0.25) is 0 Å². The van der Waals surface area contributed by atoms with Crippen molar-refractivity contribution in [3.63, 3.8) is 0 Å². The average Bonchev–Trinajstić information content (AvgIpc) is 2.74. The van der Waals surface area contributed by atoms with Crippen molar-refractivity contribution in [1.82, 2.24) is 5.32 Å². The number of nitrogens with one attached hydrogen (secondary N) is 1. The SMILES string of the molecule is Cc1cc(C(C)NC(c2ccccc2)C(C)(C)C)c(C)o1. The van der Waals surface area contributed by atoms with Gasteiger partial charge in [-0.05, 0) is 37.8 Å². The molecule has 2 heteroatoms. The highest BCUT2D eigenvalue weighted by Gasteiger charge is 2.28. The number of aryl methyl sites for hydroxylation is 2. The van der Waals surface area contributed by atoms with Gasteiger partial charge in [0, 0.05) is 17.6 Å². The van der Waals surface area contributed by atoms with Crippen molar-refractivity contribution in [3.8, 4) is 0 Å². The molecule has 0 aliphatic rings. The molecule has 1 N–H and O–H groups in total. The van der Waals surface area contributed by atoms with Gasteiger partial charge in [-0.3, -0.25) is 0 Å². The molecule has 114 valence electrons. The molecular weight excluding hydrogens is 258 g/mol. The zero-order valence-electron chi connectivity index (χ0n) is 14.0. The molecule has 0 spiro atoms. The lowest BCUT2D eigenvalue weighted by molar-refractivity contribution is 0.253. The molecule has 1 heterocycles. The second kappa shape index (κ2) is 6.07. The van der Waals surface area contributed by atoms with E-state index in [9.17, 15) is 0 Å². The van der Waals surface area contributed by atoms with Gasteiger partial charge in [0.1, 0.15) is 11.5 Å². The van der Waals surface area contributed by atoms with E-state index in [4.69, 9.17) is 4.42 Å². The van der Waals surface area contributed by atoms with Crippen molar-refractivity contribution in [2.24, 2.45) is 5.41 Å². The van der Waals surface area contributed by atoms with E-state index in [1.54, 1.807) is 0 Å². The Hall–Kier alpha value is -1.54. The highest BCUT2D eigenvalue weighted by Crippen LogP contribution is 2.35. The van der Waals surface area contributed by atoms with E-state index in [1.807, 2.05) is 13.8 Å². The summed E-state index contributed by atoms with van der Waals surface area (Å²) in [6, 6.07) is 13.4. The van der Waals surface area contributed by atoms with Crippen molar-refractivity contribution in [1.29, 1.82) is 0 Å². The first-order valence-electron chi connectivity index (χ1n) is 7.67. The Balaban J connectivity index is 2.26. The summed E-state index contributed by atoms with van der Waals surface area (Å²) >= 11 is 0. The summed E-state index contributed by atoms with van der Waals surface area (Å²) in [5, 5.41) is 3.78. The van der Waals surface area contributed by atoms with Gasteiger partial charge in [0.2, 0.25) is 0 Å². The Morgan fingerprint density at radius 3 is 2.14 bits per heavy atom. The fourth-order valence-electron chi connectivity index (χ4n) is 2.91. The van der Waals surface area contributed by atoms with Crippen LogP contribution in [0.25, 0.3) is 0 Å².